The van der Waals surface area contributed by atoms with Gasteiger partial charge in [0.1, 0.15) is 0 Å². The fraction of sp³-hybridized carbons (Fsp3) is 0.500. The number of ether oxygens (including phenoxy) is 1. The Morgan fingerprint density at radius 3 is 1.50 bits per heavy atom. The van der Waals surface area contributed by atoms with E-state index in [4.69, 9.17) is 10.2 Å². The summed E-state index contributed by atoms with van der Waals surface area (Å²) >= 11 is 0. The van der Waals surface area contributed by atoms with Gasteiger partial charge in [0.05, 0.1) is 0 Å². The second-order valence-corrected chi connectivity index (χ2v) is 1.65. The van der Waals surface area contributed by atoms with Gasteiger partial charge in [0, 0.05) is 0 Å². The number of carboxylic acids is 2. The molecule has 0 bridgehead atoms. The Labute approximate surface area is 78.3 Å². The van der Waals surface area contributed by atoms with E-state index in [1.807, 2.05) is 0 Å². The fourth-order valence-corrected chi connectivity index (χ4v) is 0.488. The molecule has 5 nitrogen and oxygen atoms in total. The molecule has 0 unspecified atom stereocenters. The molecular weight excluding hydrogens is 151 g/mol. The first-order valence-corrected chi connectivity index (χ1v) is 2.24. The predicted molar refractivity (Wildman–Crippen MR) is 23.9 cm³/mol. The van der Waals surface area contributed by atoms with Crippen LogP contribution in [0, 0.1) is 0 Å². The zero-order valence-electron chi connectivity index (χ0n) is 5.27. The average molecular weight is 155 g/mol. The van der Waals surface area contributed by atoms with Crippen molar-refractivity contribution in [1.82, 2.24) is 0 Å². The molecule has 2 atom stereocenters. The van der Waals surface area contributed by atoms with E-state index in [-0.39, 0.29) is 29.6 Å². The minimum atomic E-state index is -1.22. The monoisotopic (exact) mass is 155 g/mol. The van der Waals surface area contributed by atoms with E-state index < -0.39 is 24.1 Å². The van der Waals surface area contributed by atoms with Crippen molar-refractivity contribution in [1.29, 1.82) is 0 Å². The molecule has 0 amide bonds. The standard InChI is InChI=1S/C4H4O5.Na/c5-3(6)1-2(9-1)4(7)8;/h1-2H,(H,5,6)(H,7,8);/q;+1/t1-,2-;/m0./s1. The van der Waals surface area contributed by atoms with Crippen molar-refractivity contribution in [3.8, 4) is 0 Å². The van der Waals surface area contributed by atoms with Crippen LogP contribution >= 0.6 is 0 Å². The van der Waals surface area contributed by atoms with Crippen molar-refractivity contribution in [2.75, 3.05) is 0 Å². The van der Waals surface area contributed by atoms with Crippen LogP contribution in [0.25, 0.3) is 0 Å². The Morgan fingerprint density at radius 2 is 1.40 bits per heavy atom. The Balaban J connectivity index is 0.000000810. The third kappa shape index (κ3) is 1.95. The number of rotatable bonds is 2. The first-order chi connectivity index (χ1) is 4.13. The van der Waals surface area contributed by atoms with Crippen LogP contribution in [0.1, 0.15) is 0 Å². The fourth-order valence-electron chi connectivity index (χ4n) is 0.488. The molecule has 1 heterocycles. The molecule has 1 saturated heterocycles. The molecule has 1 fully saturated rings. The van der Waals surface area contributed by atoms with Gasteiger partial charge in [-0.05, 0) is 0 Å². The summed E-state index contributed by atoms with van der Waals surface area (Å²) in [4.78, 5) is 19.8. The van der Waals surface area contributed by atoms with Gasteiger partial charge in [-0.1, -0.05) is 0 Å². The molecule has 1 aliphatic rings. The molecular formula is C4H4NaO5+. The summed E-state index contributed by atoms with van der Waals surface area (Å²) in [6, 6.07) is 0. The number of hydrogen-bond donors (Lipinski definition) is 2. The van der Waals surface area contributed by atoms with E-state index in [9.17, 15) is 9.59 Å². The second-order valence-electron chi connectivity index (χ2n) is 1.65. The van der Waals surface area contributed by atoms with Gasteiger partial charge < -0.3 is 14.9 Å². The third-order valence-corrected chi connectivity index (χ3v) is 0.978. The van der Waals surface area contributed by atoms with Gasteiger partial charge in [0.25, 0.3) is 0 Å². The Morgan fingerprint density at radius 1 is 1.10 bits per heavy atom. The zero-order chi connectivity index (χ0) is 7.02. The number of carbonyl (C=O) groups is 2. The molecule has 0 saturated carbocycles. The van der Waals surface area contributed by atoms with Gasteiger partial charge in [0.2, 0.25) is 0 Å². The SMILES string of the molecule is O=C(O)[C@H]1O[C@@H]1C(=O)O.[Na+]. The van der Waals surface area contributed by atoms with E-state index in [0.29, 0.717) is 0 Å². The van der Waals surface area contributed by atoms with Crippen molar-refractivity contribution in [3.05, 3.63) is 0 Å². The number of aliphatic carboxylic acids is 2. The van der Waals surface area contributed by atoms with Gasteiger partial charge in [-0.15, -0.1) is 0 Å². The van der Waals surface area contributed by atoms with Crippen LogP contribution in [0.4, 0.5) is 0 Å². The van der Waals surface area contributed by atoms with Crippen LogP contribution in [0.15, 0.2) is 0 Å². The summed E-state index contributed by atoms with van der Waals surface area (Å²) in [7, 11) is 0. The molecule has 1 aliphatic heterocycles. The predicted octanol–water partition coefficient (Wildman–Crippen LogP) is -4.07. The van der Waals surface area contributed by atoms with Crippen LogP contribution < -0.4 is 29.6 Å². The first-order valence-electron chi connectivity index (χ1n) is 2.24. The van der Waals surface area contributed by atoms with E-state index in [1.165, 1.54) is 0 Å². The molecule has 0 aliphatic carbocycles. The van der Waals surface area contributed by atoms with Crippen molar-refractivity contribution in [3.63, 3.8) is 0 Å². The second kappa shape index (κ2) is 3.34. The largest absolute Gasteiger partial charge is 1.00 e. The number of carboxylic acid groups (broad SMARTS) is 2. The Bertz CT molecular complexity index is 149. The maximum absolute atomic E-state index is 9.89. The van der Waals surface area contributed by atoms with Crippen LogP contribution in [-0.2, 0) is 14.3 Å². The van der Waals surface area contributed by atoms with Crippen LogP contribution in [0.5, 0.6) is 0 Å². The molecule has 0 aromatic heterocycles. The molecule has 2 N–H and O–H groups in total. The van der Waals surface area contributed by atoms with Gasteiger partial charge in [-0.3, -0.25) is 0 Å². The Hall–Kier alpha value is -0.100. The summed E-state index contributed by atoms with van der Waals surface area (Å²) in [5.41, 5.74) is 0. The molecule has 0 aromatic carbocycles. The van der Waals surface area contributed by atoms with Crippen LogP contribution in [0.2, 0.25) is 0 Å². The van der Waals surface area contributed by atoms with Gasteiger partial charge in [-0.2, -0.15) is 0 Å². The van der Waals surface area contributed by atoms with Gasteiger partial charge in [0.15, 0.2) is 12.2 Å². The van der Waals surface area contributed by atoms with Crippen molar-refractivity contribution >= 4 is 11.9 Å². The maximum atomic E-state index is 9.89. The summed E-state index contributed by atoms with van der Waals surface area (Å²) in [5.74, 6) is -2.44. The van der Waals surface area contributed by atoms with Crippen LogP contribution in [-0.4, -0.2) is 34.4 Å². The van der Waals surface area contributed by atoms with Crippen molar-refractivity contribution in [2.24, 2.45) is 0 Å². The van der Waals surface area contributed by atoms with Crippen LogP contribution in [0.3, 0.4) is 0 Å². The third-order valence-electron chi connectivity index (χ3n) is 0.978. The van der Waals surface area contributed by atoms with E-state index in [1.54, 1.807) is 0 Å². The van der Waals surface area contributed by atoms with Gasteiger partial charge in [-0.25, -0.2) is 9.59 Å². The molecule has 50 valence electrons. The number of epoxide rings is 1. The quantitative estimate of drug-likeness (QED) is 0.313. The molecule has 0 aromatic rings. The summed E-state index contributed by atoms with van der Waals surface area (Å²) < 4.78 is 4.24. The first kappa shape index (κ1) is 9.90. The van der Waals surface area contributed by atoms with E-state index >= 15 is 0 Å². The number of hydrogen-bond acceptors (Lipinski definition) is 3. The van der Waals surface area contributed by atoms with Crippen molar-refractivity contribution < 1.29 is 54.1 Å². The minimum Gasteiger partial charge on any atom is -0.479 e. The molecule has 10 heavy (non-hydrogen) atoms. The normalized spacial score (nSPS) is 28.4. The van der Waals surface area contributed by atoms with E-state index in [2.05, 4.69) is 4.74 Å². The molecule has 0 spiro atoms. The van der Waals surface area contributed by atoms with E-state index in [0.717, 1.165) is 0 Å². The summed E-state index contributed by atoms with van der Waals surface area (Å²) in [5, 5.41) is 16.2. The summed E-state index contributed by atoms with van der Waals surface area (Å²) in [6.07, 6.45) is -2.25. The topological polar surface area (TPSA) is 87.1 Å². The summed E-state index contributed by atoms with van der Waals surface area (Å²) in [6.45, 7) is 0. The maximum Gasteiger partial charge on any atom is 1.00 e. The van der Waals surface area contributed by atoms with Gasteiger partial charge >= 0.3 is 41.5 Å². The molecule has 6 heteroatoms. The molecule has 0 radical (unpaired) electrons. The average Bonchev–Trinajstić information content (AvgIpc) is 2.39. The molecule has 1 rings (SSSR count). The van der Waals surface area contributed by atoms with Crippen molar-refractivity contribution in [2.45, 2.75) is 12.2 Å². The minimum absolute atomic E-state index is 0. The zero-order valence-corrected chi connectivity index (χ0v) is 7.27. The Kier molecular flexibility index (Phi) is 3.30. The smallest absolute Gasteiger partial charge is 0.479 e.